The van der Waals surface area contributed by atoms with Gasteiger partial charge in [0.15, 0.2) is 17.3 Å². The molecule has 1 N–H and O–H groups in total. The van der Waals surface area contributed by atoms with Crippen LogP contribution in [0.5, 0.6) is 11.5 Å². The number of nitro benzene ring substituents is 1. The molecule has 1 amide bonds. The second-order valence-electron chi connectivity index (χ2n) is 5.85. The molecule has 0 spiro atoms. The van der Waals surface area contributed by atoms with Crippen LogP contribution < -0.4 is 14.8 Å². The van der Waals surface area contributed by atoms with Crippen molar-refractivity contribution in [1.29, 1.82) is 0 Å². The van der Waals surface area contributed by atoms with E-state index >= 15 is 0 Å². The van der Waals surface area contributed by atoms with Crippen molar-refractivity contribution in [2.75, 3.05) is 6.79 Å². The first-order valence-corrected chi connectivity index (χ1v) is 8.47. The summed E-state index contributed by atoms with van der Waals surface area (Å²) < 4.78 is 15.9. The van der Waals surface area contributed by atoms with Crippen LogP contribution in [0.1, 0.15) is 16.1 Å². The lowest BCUT2D eigenvalue weighted by molar-refractivity contribution is -0.384. The largest absolute Gasteiger partial charge is 0.454 e. The number of nitrogens with one attached hydrogen (secondary N) is 1. The zero-order valence-electron chi connectivity index (χ0n) is 14.2. The van der Waals surface area contributed by atoms with Crippen molar-refractivity contribution in [3.8, 4) is 22.8 Å². The Labute approximate surface area is 162 Å². The van der Waals surface area contributed by atoms with Gasteiger partial charge in [0.25, 0.3) is 11.6 Å². The van der Waals surface area contributed by atoms with E-state index in [2.05, 4.69) is 10.5 Å². The fourth-order valence-corrected chi connectivity index (χ4v) is 2.85. The number of rotatable bonds is 5. The van der Waals surface area contributed by atoms with Crippen LogP contribution in [0.15, 0.2) is 47.0 Å². The summed E-state index contributed by atoms with van der Waals surface area (Å²) in [5.41, 5.74) is 1.01. The van der Waals surface area contributed by atoms with Gasteiger partial charge in [-0.05, 0) is 24.3 Å². The van der Waals surface area contributed by atoms with Crippen molar-refractivity contribution >= 4 is 23.2 Å². The van der Waals surface area contributed by atoms with Gasteiger partial charge < -0.3 is 19.3 Å². The Bertz CT molecular complexity index is 1080. The Balaban J connectivity index is 1.46. The first-order valence-electron chi connectivity index (χ1n) is 8.09. The summed E-state index contributed by atoms with van der Waals surface area (Å²) in [6.45, 7) is 0.235. The van der Waals surface area contributed by atoms with Gasteiger partial charge in [-0.15, -0.1) is 0 Å². The van der Waals surface area contributed by atoms with Gasteiger partial charge in [0.2, 0.25) is 6.79 Å². The standard InChI is InChI=1S/C18H12ClN3O6/c19-14-3-2-12(22(24)25)7-13(14)18(23)20-8-11-6-16(28-21-11)10-1-4-15-17(5-10)27-9-26-15/h1-7H,8-9H2,(H,20,23). The Morgan fingerprint density at radius 2 is 2.00 bits per heavy atom. The quantitative estimate of drug-likeness (QED) is 0.513. The van der Waals surface area contributed by atoms with E-state index in [9.17, 15) is 14.9 Å². The van der Waals surface area contributed by atoms with Crippen LogP contribution in [0.4, 0.5) is 5.69 Å². The average molecular weight is 402 g/mol. The number of nitro groups is 1. The van der Waals surface area contributed by atoms with Crippen LogP contribution in [0.25, 0.3) is 11.3 Å². The normalized spacial score (nSPS) is 12.0. The predicted octanol–water partition coefficient (Wildman–Crippen LogP) is 3.56. The molecule has 142 valence electrons. The predicted molar refractivity (Wildman–Crippen MR) is 97.3 cm³/mol. The first kappa shape index (κ1) is 17.8. The molecule has 0 unspecified atom stereocenters. The van der Waals surface area contributed by atoms with Gasteiger partial charge in [-0.3, -0.25) is 14.9 Å². The Morgan fingerprint density at radius 1 is 1.18 bits per heavy atom. The molecular formula is C18H12ClN3O6. The number of ether oxygens (including phenoxy) is 2. The van der Waals surface area contributed by atoms with E-state index in [-0.39, 0.29) is 29.6 Å². The number of benzene rings is 2. The van der Waals surface area contributed by atoms with Crippen LogP contribution in [0.3, 0.4) is 0 Å². The highest BCUT2D eigenvalue weighted by molar-refractivity contribution is 6.33. The van der Waals surface area contributed by atoms with Crippen molar-refractivity contribution in [2.45, 2.75) is 6.54 Å². The molecule has 0 aliphatic carbocycles. The summed E-state index contributed by atoms with van der Waals surface area (Å²) in [6.07, 6.45) is 0. The molecule has 0 saturated carbocycles. The molecule has 0 saturated heterocycles. The summed E-state index contributed by atoms with van der Waals surface area (Å²) in [6, 6.07) is 10.7. The lowest BCUT2D eigenvalue weighted by Crippen LogP contribution is -2.23. The van der Waals surface area contributed by atoms with Crippen LogP contribution in [-0.4, -0.2) is 22.8 Å². The fraction of sp³-hybridized carbons (Fsp3) is 0.111. The van der Waals surface area contributed by atoms with E-state index in [1.165, 1.54) is 12.1 Å². The zero-order valence-corrected chi connectivity index (χ0v) is 14.9. The highest BCUT2D eigenvalue weighted by Crippen LogP contribution is 2.36. The number of halogens is 1. The summed E-state index contributed by atoms with van der Waals surface area (Å²) in [5, 5.41) is 17.5. The maximum Gasteiger partial charge on any atom is 0.270 e. The van der Waals surface area contributed by atoms with Crippen molar-refractivity contribution in [1.82, 2.24) is 10.5 Å². The van der Waals surface area contributed by atoms with Crippen LogP contribution in [0.2, 0.25) is 5.02 Å². The van der Waals surface area contributed by atoms with Gasteiger partial charge in [0.1, 0.15) is 5.69 Å². The molecule has 28 heavy (non-hydrogen) atoms. The molecule has 2 heterocycles. The first-order chi connectivity index (χ1) is 13.5. The minimum atomic E-state index is -0.595. The fourth-order valence-electron chi connectivity index (χ4n) is 2.65. The lowest BCUT2D eigenvalue weighted by atomic mass is 10.1. The molecule has 0 radical (unpaired) electrons. The number of non-ortho nitro benzene ring substituents is 1. The summed E-state index contributed by atoms with van der Waals surface area (Å²) in [7, 11) is 0. The number of aromatic nitrogens is 1. The Kier molecular flexibility index (Phi) is 4.58. The van der Waals surface area contributed by atoms with E-state index in [0.717, 1.165) is 11.6 Å². The van der Waals surface area contributed by atoms with E-state index in [1.807, 2.05) is 0 Å². The topological polar surface area (TPSA) is 117 Å². The molecule has 1 aromatic heterocycles. The van der Waals surface area contributed by atoms with Gasteiger partial charge in [0.05, 0.1) is 22.1 Å². The molecular weight excluding hydrogens is 390 g/mol. The number of amides is 1. The number of carbonyl (C=O) groups excluding carboxylic acids is 1. The third kappa shape index (κ3) is 3.47. The van der Waals surface area contributed by atoms with E-state index in [0.29, 0.717) is 23.0 Å². The van der Waals surface area contributed by atoms with Gasteiger partial charge in [0, 0.05) is 23.8 Å². The minimum Gasteiger partial charge on any atom is -0.454 e. The van der Waals surface area contributed by atoms with Crippen LogP contribution >= 0.6 is 11.6 Å². The summed E-state index contributed by atoms with van der Waals surface area (Å²) in [5.74, 6) is 1.21. The van der Waals surface area contributed by atoms with Crippen molar-refractivity contribution < 1.29 is 23.7 Å². The molecule has 0 atom stereocenters. The zero-order chi connectivity index (χ0) is 19.7. The second kappa shape index (κ2) is 7.20. The minimum absolute atomic E-state index is 0.00959. The molecule has 2 aromatic carbocycles. The number of fused-ring (bicyclic) bond motifs is 1. The maximum atomic E-state index is 12.3. The highest BCUT2D eigenvalue weighted by Gasteiger charge is 2.18. The highest BCUT2D eigenvalue weighted by atomic mass is 35.5. The third-order valence-corrected chi connectivity index (χ3v) is 4.38. The van der Waals surface area contributed by atoms with Crippen molar-refractivity contribution in [3.05, 3.63) is 68.9 Å². The molecule has 0 fully saturated rings. The number of hydrogen-bond donors (Lipinski definition) is 1. The van der Waals surface area contributed by atoms with Crippen molar-refractivity contribution in [2.24, 2.45) is 0 Å². The molecule has 1 aliphatic rings. The molecule has 9 nitrogen and oxygen atoms in total. The lowest BCUT2D eigenvalue weighted by Gasteiger charge is -2.05. The average Bonchev–Trinajstić information content (AvgIpc) is 3.34. The Hall–Kier alpha value is -3.59. The number of hydrogen-bond acceptors (Lipinski definition) is 7. The Morgan fingerprint density at radius 3 is 2.82 bits per heavy atom. The summed E-state index contributed by atoms with van der Waals surface area (Å²) >= 11 is 5.97. The SMILES string of the molecule is O=C(NCc1cc(-c2ccc3c(c2)OCO3)on1)c1cc([N+](=O)[O-])ccc1Cl. The van der Waals surface area contributed by atoms with E-state index in [1.54, 1.807) is 24.3 Å². The number of carbonyl (C=O) groups is 1. The maximum absolute atomic E-state index is 12.3. The van der Waals surface area contributed by atoms with Crippen LogP contribution in [-0.2, 0) is 6.54 Å². The molecule has 0 bridgehead atoms. The molecule has 1 aliphatic heterocycles. The molecule has 3 aromatic rings. The second-order valence-corrected chi connectivity index (χ2v) is 6.26. The van der Waals surface area contributed by atoms with Crippen molar-refractivity contribution in [3.63, 3.8) is 0 Å². The molecule has 4 rings (SSSR count). The third-order valence-electron chi connectivity index (χ3n) is 4.05. The van der Waals surface area contributed by atoms with Gasteiger partial charge in [-0.25, -0.2) is 0 Å². The number of nitrogens with zero attached hydrogens (tertiary/aromatic N) is 2. The monoisotopic (exact) mass is 401 g/mol. The van der Waals surface area contributed by atoms with Gasteiger partial charge in [-0.1, -0.05) is 16.8 Å². The van der Waals surface area contributed by atoms with Gasteiger partial charge >= 0.3 is 0 Å². The van der Waals surface area contributed by atoms with Gasteiger partial charge in [-0.2, -0.15) is 0 Å². The smallest absolute Gasteiger partial charge is 0.270 e. The molecule has 10 heteroatoms. The van der Waals surface area contributed by atoms with E-state index in [4.69, 9.17) is 25.6 Å². The summed E-state index contributed by atoms with van der Waals surface area (Å²) in [4.78, 5) is 22.6. The van der Waals surface area contributed by atoms with Crippen LogP contribution in [0, 0.1) is 10.1 Å². The van der Waals surface area contributed by atoms with E-state index < -0.39 is 10.8 Å².